The molecule has 0 saturated heterocycles. The number of rotatable bonds is 2. The Morgan fingerprint density at radius 2 is 2.27 bits per heavy atom. The van der Waals surface area contributed by atoms with Gasteiger partial charge in [0, 0.05) is 12.0 Å². The first-order valence-corrected chi connectivity index (χ1v) is 4.63. The third-order valence-corrected chi connectivity index (χ3v) is 2.37. The fourth-order valence-electron chi connectivity index (χ4n) is 1.67. The number of ether oxygens (including phenoxy) is 1. The molecule has 2 rings (SSSR count). The van der Waals surface area contributed by atoms with E-state index in [1.165, 1.54) is 13.2 Å². The van der Waals surface area contributed by atoms with Gasteiger partial charge in [-0.2, -0.15) is 9.87 Å². The average molecular weight is 215 g/mol. The third kappa shape index (κ3) is 1.80. The van der Waals surface area contributed by atoms with Crippen LogP contribution >= 0.6 is 0 Å². The number of hydrogen-bond acceptors (Lipinski definition) is 3. The Morgan fingerprint density at radius 3 is 3.00 bits per heavy atom. The lowest BCUT2D eigenvalue weighted by Crippen LogP contribution is -2.27. The lowest BCUT2D eigenvalue weighted by atomic mass is 10.0. The van der Waals surface area contributed by atoms with Crippen LogP contribution in [0.4, 0.5) is 8.78 Å². The molecule has 0 fully saturated rings. The average Bonchev–Trinajstić information content (AvgIpc) is 2.25. The van der Waals surface area contributed by atoms with Crippen LogP contribution in [0.3, 0.4) is 0 Å². The highest BCUT2D eigenvalue weighted by Gasteiger charge is 2.25. The molecular weight excluding hydrogens is 204 g/mol. The second kappa shape index (κ2) is 4.12. The summed E-state index contributed by atoms with van der Waals surface area (Å²) in [6.07, 6.45) is 0.659. The van der Waals surface area contributed by atoms with E-state index in [1.54, 1.807) is 0 Å². The SMILES string of the molecule is CONC1CCOc2c1ccc(F)c2F. The molecule has 0 saturated carbocycles. The van der Waals surface area contributed by atoms with Gasteiger partial charge in [0.1, 0.15) is 0 Å². The Labute approximate surface area is 85.9 Å². The van der Waals surface area contributed by atoms with Gasteiger partial charge in [-0.3, -0.25) is 0 Å². The van der Waals surface area contributed by atoms with Gasteiger partial charge < -0.3 is 9.57 Å². The van der Waals surface area contributed by atoms with Crippen LogP contribution in [0.15, 0.2) is 12.1 Å². The monoisotopic (exact) mass is 215 g/mol. The fourth-order valence-corrected chi connectivity index (χ4v) is 1.67. The van der Waals surface area contributed by atoms with Crippen molar-refractivity contribution in [3.05, 3.63) is 29.3 Å². The van der Waals surface area contributed by atoms with Crippen LogP contribution in [0.5, 0.6) is 5.75 Å². The molecule has 15 heavy (non-hydrogen) atoms. The van der Waals surface area contributed by atoms with E-state index >= 15 is 0 Å². The summed E-state index contributed by atoms with van der Waals surface area (Å²) in [7, 11) is 1.48. The maximum absolute atomic E-state index is 13.3. The number of halogens is 2. The molecule has 0 radical (unpaired) electrons. The van der Waals surface area contributed by atoms with Crippen LogP contribution in [0, 0.1) is 11.6 Å². The van der Waals surface area contributed by atoms with E-state index in [2.05, 4.69) is 5.48 Å². The van der Waals surface area contributed by atoms with Crippen molar-refractivity contribution >= 4 is 0 Å². The van der Waals surface area contributed by atoms with Crippen molar-refractivity contribution in [3.63, 3.8) is 0 Å². The van der Waals surface area contributed by atoms with E-state index in [-0.39, 0.29) is 11.8 Å². The molecule has 1 aliphatic heterocycles. The Bertz CT molecular complexity index is 371. The minimum Gasteiger partial charge on any atom is -0.490 e. The zero-order valence-electron chi connectivity index (χ0n) is 8.22. The van der Waals surface area contributed by atoms with Gasteiger partial charge in [0.25, 0.3) is 0 Å². The Morgan fingerprint density at radius 1 is 1.47 bits per heavy atom. The smallest absolute Gasteiger partial charge is 0.200 e. The molecule has 5 heteroatoms. The third-order valence-electron chi connectivity index (χ3n) is 2.37. The molecule has 3 nitrogen and oxygen atoms in total. The normalized spacial score (nSPS) is 19.5. The number of nitrogens with one attached hydrogen (secondary N) is 1. The van der Waals surface area contributed by atoms with Gasteiger partial charge in [0.2, 0.25) is 5.82 Å². The van der Waals surface area contributed by atoms with Crippen molar-refractivity contribution in [1.29, 1.82) is 0 Å². The van der Waals surface area contributed by atoms with Crippen molar-refractivity contribution in [1.82, 2.24) is 5.48 Å². The molecular formula is C10H11F2NO2. The van der Waals surface area contributed by atoms with E-state index in [0.717, 1.165) is 6.07 Å². The summed E-state index contributed by atoms with van der Waals surface area (Å²) in [4.78, 5) is 4.79. The van der Waals surface area contributed by atoms with Crippen molar-refractivity contribution < 1.29 is 18.4 Å². The summed E-state index contributed by atoms with van der Waals surface area (Å²) in [6.45, 7) is 0.342. The maximum atomic E-state index is 13.3. The second-order valence-corrected chi connectivity index (χ2v) is 3.29. The number of hydrogen-bond donors (Lipinski definition) is 1. The first-order chi connectivity index (χ1) is 7.24. The van der Waals surface area contributed by atoms with Gasteiger partial charge in [0.15, 0.2) is 11.6 Å². The van der Waals surface area contributed by atoms with Crippen LogP contribution in [-0.4, -0.2) is 13.7 Å². The zero-order chi connectivity index (χ0) is 10.8. The molecule has 1 heterocycles. The lowest BCUT2D eigenvalue weighted by molar-refractivity contribution is 0.0454. The van der Waals surface area contributed by atoms with Crippen molar-refractivity contribution in [3.8, 4) is 5.75 Å². The van der Waals surface area contributed by atoms with E-state index in [0.29, 0.717) is 18.6 Å². The first kappa shape index (κ1) is 10.3. The second-order valence-electron chi connectivity index (χ2n) is 3.29. The van der Waals surface area contributed by atoms with Crippen molar-refractivity contribution in [2.24, 2.45) is 0 Å². The number of benzene rings is 1. The minimum absolute atomic E-state index is 0.0178. The number of fused-ring (bicyclic) bond motifs is 1. The minimum atomic E-state index is -0.935. The molecule has 1 aromatic carbocycles. The van der Waals surface area contributed by atoms with Crippen LogP contribution in [-0.2, 0) is 4.84 Å². The molecule has 1 N–H and O–H groups in total. The van der Waals surface area contributed by atoms with E-state index in [1.807, 2.05) is 0 Å². The molecule has 0 aromatic heterocycles. The molecule has 82 valence electrons. The standard InChI is InChI=1S/C10H11F2NO2/c1-14-13-8-4-5-15-10-6(8)2-3-7(11)9(10)12/h2-3,8,13H,4-5H2,1H3. The Hall–Kier alpha value is -1.20. The van der Waals surface area contributed by atoms with Gasteiger partial charge in [0.05, 0.1) is 19.8 Å². The molecule has 0 amide bonds. The highest BCUT2D eigenvalue weighted by molar-refractivity contribution is 5.39. The summed E-state index contributed by atoms with van der Waals surface area (Å²) < 4.78 is 31.3. The van der Waals surface area contributed by atoms with Crippen LogP contribution < -0.4 is 10.2 Å². The highest BCUT2D eigenvalue weighted by Crippen LogP contribution is 2.35. The predicted molar refractivity (Wildman–Crippen MR) is 49.4 cm³/mol. The summed E-state index contributed by atoms with van der Waals surface area (Å²) in [5.41, 5.74) is 3.30. The van der Waals surface area contributed by atoms with Crippen molar-refractivity contribution in [2.75, 3.05) is 13.7 Å². The summed E-state index contributed by atoms with van der Waals surface area (Å²) in [6, 6.07) is 2.44. The highest BCUT2D eigenvalue weighted by atomic mass is 19.2. The molecule has 0 spiro atoms. The summed E-state index contributed by atoms with van der Waals surface area (Å²) in [5, 5.41) is 0. The topological polar surface area (TPSA) is 30.5 Å². The van der Waals surface area contributed by atoms with E-state index in [9.17, 15) is 8.78 Å². The quantitative estimate of drug-likeness (QED) is 0.765. The van der Waals surface area contributed by atoms with E-state index < -0.39 is 11.6 Å². The number of hydroxylamine groups is 1. The van der Waals surface area contributed by atoms with Gasteiger partial charge in [-0.1, -0.05) is 6.07 Å². The molecule has 1 unspecified atom stereocenters. The zero-order valence-corrected chi connectivity index (χ0v) is 8.22. The summed E-state index contributed by atoms with van der Waals surface area (Å²) in [5.74, 6) is -1.85. The summed E-state index contributed by atoms with van der Waals surface area (Å²) >= 11 is 0. The molecule has 1 aliphatic rings. The Kier molecular flexibility index (Phi) is 2.83. The van der Waals surface area contributed by atoms with Crippen LogP contribution in [0.1, 0.15) is 18.0 Å². The van der Waals surface area contributed by atoms with E-state index in [4.69, 9.17) is 9.57 Å². The van der Waals surface area contributed by atoms with Crippen LogP contribution in [0.2, 0.25) is 0 Å². The molecule has 1 atom stereocenters. The Balaban J connectivity index is 2.40. The van der Waals surface area contributed by atoms with Crippen LogP contribution in [0.25, 0.3) is 0 Å². The van der Waals surface area contributed by atoms with Gasteiger partial charge in [-0.15, -0.1) is 0 Å². The van der Waals surface area contributed by atoms with Gasteiger partial charge >= 0.3 is 0 Å². The molecule has 1 aromatic rings. The largest absolute Gasteiger partial charge is 0.490 e. The molecule has 0 aliphatic carbocycles. The maximum Gasteiger partial charge on any atom is 0.200 e. The first-order valence-electron chi connectivity index (χ1n) is 4.63. The fraction of sp³-hybridized carbons (Fsp3) is 0.400. The lowest BCUT2D eigenvalue weighted by Gasteiger charge is -2.26. The predicted octanol–water partition coefficient (Wildman–Crippen LogP) is 1.94. The molecule has 0 bridgehead atoms. The van der Waals surface area contributed by atoms with Gasteiger partial charge in [-0.25, -0.2) is 4.39 Å². The van der Waals surface area contributed by atoms with Crippen molar-refractivity contribution in [2.45, 2.75) is 12.5 Å². The van der Waals surface area contributed by atoms with Gasteiger partial charge in [-0.05, 0) is 6.07 Å².